The lowest BCUT2D eigenvalue weighted by atomic mass is 10.2. The number of benzene rings is 2. The third kappa shape index (κ3) is 3.65. The van der Waals surface area contributed by atoms with E-state index < -0.39 is 9.84 Å². The highest BCUT2D eigenvalue weighted by atomic mass is 32.2. The fourth-order valence-electron chi connectivity index (χ4n) is 2.41. The predicted molar refractivity (Wildman–Crippen MR) is 91.8 cm³/mol. The summed E-state index contributed by atoms with van der Waals surface area (Å²) in [5.74, 6) is 0.565. The van der Waals surface area contributed by atoms with E-state index in [2.05, 4.69) is 5.32 Å². The van der Waals surface area contributed by atoms with E-state index in [1.165, 1.54) is 24.3 Å². The van der Waals surface area contributed by atoms with Gasteiger partial charge in [0.05, 0.1) is 4.90 Å². The van der Waals surface area contributed by atoms with E-state index in [9.17, 15) is 13.2 Å². The second-order valence-corrected chi connectivity index (χ2v) is 7.57. The summed E-state index contributed by atoms with van der Waals surface area (Å²) in [5.41, 5.74) is 1.25. The Morgan fingerprint density at radius 3 is 2.46 bits per heavy atom. The lowest BCUT2D eigenvalue weighted by Crippen LogP contribution is -2.25. The summed E-state index contributed by atoms with van der Waals surface area (Å²) < 4.78 is 28.5. The molecule has 0 aliphatic rings. The number of nitrogens with one attached hydrogen (secondary N) is 1. The average Bonchev–Trinajstić information content (AvgIpc) is 2.96. The topological polar surface area (TPSA) is 76.4 Å². The lowest BCUT2D eigenvalue weighted by Gasteiger charge is -2.05. The number of carbonyl (C=O) groups is 1. The number of furan rings is 1. The summed E-state index contributed by atoms with van der Waals surface area (Å²) in [7, 11) is -3.26. The Kier molecular flexibility index (Phi) is 4.40. The number of para-hydroxylation sites is 1. The molecule has 3 aromatic rings. The first-order valence-electron chi connectivity index (χ1n) is 7.49. The maximum atomic E-state index is 12.1. The summed E-state index contributed by atoms with van der Waals surface area (Å²) >= 11 is 0. The van der Waals surface area contributed by atoms with Crippen molar-refractivity contribution in [1.29, 1.82) is 0 Å². The summed E-state index contributed by atoms with van der Waals surface area (Å²) in [6.07, 6.45) is 1.72. The first kappa shape index (κ1) is 16.3. The zero-order chi connectivity index (χ0) is 17.2. The van der Waals surface area contributed by atoms with Crippen molar-refractivity contribution in [3.05, 3.63) is 65.9 Å². The number of fused-ring (bicyclic) bond motifs is 1. The summed E-state index contributed by atoms with van der Waals surface area (Å²) in [6, 6.07) is 15.6. The highest BCUT2D eigenvalue weighted by molar-refractivity contribution is 7.90. The van der Waals surface area contributed by atoms with Gasteiger partial charge < -0.3 is 9.73 Å². The van der Waals surface area contributed by atoms with Gasteiger partial charge in [0.2, 0.25) is 0 Å². The molecule has 0 saturated heterocycles. The van der Waals surface area contributed by atoms with Crippen molar-refractivity contribution in [3.63, 3.8) is 0 Å². The molecule has 1 N–H and O–H groups in total. The van der Waals surface area contributed by atoms with Gasteiger partial charge in [-0.3, -0.25) is 4.79 Å². The minimum absolute atomic E-state index is 0.196. The highest BCUT2D eigenvalue weighted by Gasteiger charge is 2.10. The molecular formula is C18H17NO4S. The van der Waals surface area contributed by atoms with Crippen LogP contribution in [0.1, 0.15) is 16.1 Å². The molecule has 0 spiro atoms. The molecule has 3 rings (SSSR count). The third-order valence-electron chi connectivity index (χ3n) is 3.68. The van der Waals surface area contributed by atoms with Crippen molar-refractivity contribution < 1.29 is 17.6 Å². The van der Waals surface area contributed by atoms with Crippen molar-refractivity contribution in [3.8, 4) is 0 Å². The molecule has 124 valence electrons. The molecule has 5 nitrogen and oxygen atoms in total. The van der Waals surface area contributed by atoms with E-state index in [1.807, 2.05) is 30.3 Å². The van der Waals surface area contributed by atoms with Crippen molar-refractivity contribution in [2.24, 2.45) is 0 Å². The van der Waals surface area contributed by atoms with Gasteiger partial charge in [0.1, 0.15) is 11.3 Å². The van der Waals surface area contributed by atoms with Crippen LogP contribution in [0.25, 0.3) is 11.0 Å². The SMILES string of the molecule is CS(=O)(=O)c1ccc(C(=O)NCCc2cc3ccccc3o2)cc1. The number of hydrogen-bond acceptors (Lipinski definition) is 4. The Bertz CT molecular complexity index is 939. The van der Waals surface area contributed by atoms with Crippen LogP contribution in [-0.4, -0.2) is 27.1 Å². The highest BCUT2D eigenvalue weighted by Crippen LogP contribution is 2.18. The van der Waals surface area contributed by atoms with Crippen LogP contribution in [0.5, 0.6) is 0 Å². The van der Waals surface area contributed by atoms with Crippen LogP contribution in [0.4, 0.5) is 0 Å². The standard InChI is InChI=1S/C18H17NO4S/c1-24(21,22)16-8-6-13(7-9-16)18(20)19-11-10-15-12-14-4-2-3-5-17(14)23-15/h2-9,12H,10-11H2,1H3,(H,19,20). The molecule has 2 aromatic carbocycles. The average molecular weight is 343 g/mol. The zero-order valence-corrected chi connectivity index (χ0v) is 14.0. The monoisotopic (exact) mass is 343 g/mol. The predicted octanol–water partition coefficient (Wildman–Crippen LogP) is 2.81. The Morgan fingerprint density at radius 2 is 1.79 bits per heavy atom. The molecule has 0 atom stereocenters. The van der Waals surface area contributed by atoms with Crippen molar-refractivity contribution in [1.82, 2.24) is 5.32 Å². The molecule has 0 fully saturated rings. The smallest absolute Gasteiger partial charge is 0.251 e. The maximum absolute atomic E-state index is 12.1. The third-order valence-corrected chi connectivity index (χ3v) is 4.81. The molecule has 0 saturated carbocycles. The van der Waals surface area contributed by atoms with Crippen LogP contribution >= 0.6 is 0 Å². The zero-order valence-electron chi connectivity index (χ0n) is 13.2. The molecule has 0 aliphatic carbocycles. The van der Waals surface area contributed by atoms with Crippen LogP contribution in [0.3, 0.4) is 0 Å². The fourth-order valence-corrected chi connectivity index (χ4v) is 3.05. The Morgan fingerprint density at radius 1 is 1.08 bits per heavy atom. The van der Waals surface area contributed by atoms with Crippen LogP contribution in [0.2, 0.25) is 0 Å². The van der Waals surface area contributed by atoms with Crippen LogP contribution in [0.15, 0.2) is 63.9 Å². The Hall–Kier alpha value is -2.60. The van der Waals surface area contributed by atoms with Gasteiger partial charge >= 0.3 is 0 Å². The Balaban J connectivity index is 1.59. The fraction of sp³-hybridized carbons (Fsp3) is 0.167. The van der Waals surface area contributed by atoms with Crippen LogP contribution in [0, 0.1) is 0 Å². The van der Waals surface area contributed by atoms with Crippen molar-refractivity contribution in [2.45, 2.75) is 11.3 Å². The van der Waals surface area contributed by atoms with E-state index in [4.69, 9.17) is 4.42 Å². The largest absolute Gasteiger partial charge is 0.461 e. The van der Waals surface area contributed by atoms with Crippen molar-refractivity contribution in [2.75, 3.05) is 12.8 Å². The van der Waals surface area contributed by atoms with Gasteiger partial charge in [0.15, 0.2) is 9.84 Å². The van der Waals surface area contributed by atoms with Gasteiger partial charge in [-0.25, -0.2) is 8.42 Å². The van der Waals surface area contributed by atoms with Gasteiger partial charge in [-0.05, 0) is 36.4 Å². The molecule has 1 aromatic heterocycles. The number of carbonyl (C=O) groups excluding carboxylic acids is 1. The minimum atomic E-state index is -3.26. The minimum Gasteiger partial charge on any atom is -0.461 e. The maximum Gasteiger partial charge on any atom is 0.251 e. The second kappa shape index (κ2) is 6.49. The lowest BCUT2D eigenvalue weighted by molar-refractivity contribution is 0.0953. The Labute approximate surface area is 140 Å². The molecule has 6 heteroatoms. The van der Waals surface area contributed by atoms with Gasteiger partial charge in [-0.1, -0.05) is 18.2 Å². The molecule has 0 bridgehead atoms. The molecule has 1 amide bonds. The van der Waals surface area contributed by atoms with E-state index in [0.717, 1.165) is 23.0 Å². The van der Waals surface area contributed by atoms with Gasteiger partial charge in [-0.15, -0.1) is 0 Å². The number of rotatable bonds is 5. The molecule has 0 unspecified atom stereocenters. The second-order valence-electron chi connectivity index (χ2n) is 5.55. The van der Waals surface area contributed by atoms with Crippen molar-refractivity contribution >= 4 is 26.7 Å². The summed E-state index contributed by atoms with van der Waals surface area (Å²) in [4.78, 5) is 12.3. The quantitative estimate of drug-likeness (QED) is 0.773. The van der Waals surface area contributed by atoms with Gasteiger partial charge in [0.25, 0.3) is 5.91 Å². The molecule has 24 heavy (non-hydrogen) atoms. The van der Waals surface area contributed by atoms with E-state index >= 15 is 0 Å². The van der Waals surface area contributed by atoms with E-state index in [1.54, 1.807) is 0 Å². The van der Waals surface area contributed by atoms with Gasteiger partial charge in [0, 0.05) is 30.2 Å². The summed E-state index contributed by atoms with van der Waals surface area (Å²) in [5, 5.41) is 3.84. The molecule has 1 heterocycles. The molecular weight excluding hydrogens is 326 g/mol. The summed E-state index contributed by atoms with van der Waals surface area (Å²) in [6.45, 7) is 0.437. The van der Waals surface area contributed by atoms with Gasteiger partial charge in [-0.2, -0.15) is 0 Å². The van der Waals surface area contributed by atoms with E-state index in [-0.39, 0.29) is 10.8 Å². The first-order chi connectivity index (χ1) is 11.4. The first-order valence-corrected chi connectivity index (χ1v) is 9.38. The molecule has 0 radical (unpaired) electrons. The number of hydrogen-bond donors (Lipinski definition) is 1. The normalized spacial score (nSPS) is 11.5. The number of amides is 1. The number of sulfone groups is 1. The van der Waals surface area contributed by atoms with Crippen LogP contribution < -0.4 is 5.32 Å². The van der Waals surface area contributed by atoms with Crippen LogP contribution in [-0.2, 0) is 16.3 Å². The molecule has 0 aliphatic heterocycles. The van der Waals surface area contributed by atoms with E-state index in [0.29, 0.717) is 18.5 Å².